The Kier molecular flexibility index (Phi) is 4.69. The van der Waals surface area contributed by atoms with E-state index < -0.39 is 29.8 Å². The molecule has 3 aliphatic rings. The third-order valence-electron chi connectivity index (χ3n) is 6.61. The lowest BCUT2D eigenvalue weighted by atomic mass is 9.79. The molecule has 6 heteroatoms. The van der Waals surface area contributed by atoms with E-state index in [1.165, 1.54) is 4.90 Å². The van der Waals surface area contributed by atoms with Crippen LogP contribution in [0.1, 0.15) is 46.0 Å². The number of carbonyl (C=O) groups is 3. The molecule has 24 heavy (non-hydrogen) atoms. The molecular formula is C18H27NO5. The minimum Gasteiger partial charge on any atom is -0.481 e. The second-order valence-electron chi connectivity index (χ2n) is 7.75. The van der Waals surface area contributed by atoms with Gasteiger partial charge in [-0.25, -0.2) is 0 Å². The zero-order valence-electron chi connectivity index (χ0n) is 14.4. The highest BCUT2D eigenvalue weighted by Gasteiger charge is 2.60. The molecule has 0 spiro atoms. The van der Waals surface area contributed by atoms with Gasteiger partial charge < -0.3 is 10.2 Å². The molecule has 0 aromatic carbocycles. The number of hydrogen-bond donors (Lipinski definition) is 2. The smallest absolute Gasteiger partial charge is 0.306 e. The maximum absolute atomic E-state index is 12.9. The molecule has 7 atom stereocenters. The fraction of sp³-hybridized carbons (Fsp3) is 0.833. The van der Waals surface area contributed by atoms with Crippen molar-refractivity contribution in [3.8, 4) is 0 Å². The Balaban J connectivity index is 1.79. The van der Waals surface area contributed by atoms with Gasteiger partial charge in [0.25, 0.3) is 0 Å². The van der Waals surface area contributed by atoms with Crippen molar-refractivity contribution in [2.75, 3.05) is 6.54 Å². The lowest BCUT2D eigenvalue weighted by Crippen LogP contribution is -2.43. The molecule has 134 valence electrons. The van der Waals surface area contributed by atoms with Crippen LogP contribution in [-0.4, -0.2) is 45.5 Å². The van der Waals surface area contributed by atoms with Gasteiger partial charge in [0.2, 0.25) is 11.8 Å². The van der Waals surface area contributed by atoms with Crippen molar-refractivity contribution in [3.63, 3.8) is 0 Å². The number of fused-ring (bicyclic) bond motifs is 1. The average Bonchev–Trinajstić information content (AvgIpc) is 2.95. The number of aliphatic hydroxyl groups is 1. The van der Waals surface area contributed by atoms with Crippen LogP contribution in [0.5, 0.6) is 0 Å². The molecule has 3 fully saturated rings. The van der Waals surface area contributed by atoms with Crippen LogP contribution in [-0.2, 0) is 14.4 Å². The summed E-state index contributed by atoms with van der Waals surface area (Å²) in [6.07, 6.45) is 3.27. The molecule has 6 nitrogen and oxygen atoms in total. The van der Waals surface area contributed by atoms with E-state index in [-0.39, 0.29) is 36.1 Å². The summed E-state index contributed by atoms with van der Waals surface area (Å²) in [7, 11) is 0. The number of amides is 2. The fourth-order valence-corrected chi connectivity index (χ4v) is 5.25. The molecule has 7 unspecified atom stereocenters. The van der Waals surface area contributed by atoms with Gasteiger partial charge in [-0.1, -0.05) is 33.1 Å². The number of carboxylic acid groups (broad SMARTS) is 1. The van der Waals surface area contributed by atoms with Gasteiger partial charge in [-0.2, -0.15) is 0 Å². The summed E-state index contributed by atoms with van der Waals surface area (Å²) < 4.78 is 0. The zero-order valence-corrected chi connectivity index (χ0v) is 14.4. The molecule has 1 aliphatic heterocycles. The van der Waals surface area contributed by atoms with Crippen LogP contribution >= 0.6 is 0 Å². The summed E-state index contributed by atoms with van der Waals surface area (Å²) in [6.45, 7) is 4.00. The lowest BCUT2D eigenvalue weighted by Gasteiger charge is -2.32. The number of nitrogens with zero attached hydrogens (tertiary/aromatic N) is 1. The van der Waals surface area contributed by atoms with Crippen LogP contribution in [0.3, 0.4) is 0 Å². The Morgan fingerprint density at radius 3 is 2.42 bits per heavy atom. The van der Waals surface area contributed by atoms with Crippen molar-refractivity contribution in [1.29, 1.82) is 0 Å². The monoisotopic (exact) mass is 337 g/mol. The van der Waals surface area contributed by atoms with E-state index in [2.05, 4.69) is 0 Å². The average molecular weight is 337 g/mol. The van der Waals surface area contributed by atoms with Crippen LogP contribution in [0.25, 0.3) is 0 Å². The third kappa shape index (κ3) is 2.55. The normalized spacial score (nSPS) is 42.5. The van der Waals surface area contributed by atoms with Gasteiger partial charge in [0, 0.05) is 6.54 Å². The first-order valence-corrected chi connectivity index (χ1v) is 9.14. The summed E-state index contributed by atoms with van der Waals surface area (Å²) in [5.74, 6) is -3.11. The first-order valence-electron chi connectivity index (χ1n) is 9.14. The Morgan fingerprint density at radius 1 is 1.17 bits per heavy atom. The Morgan fingerprint density at radius 2 is 1.79 bits per heavy atom. The van der Waals surface area contributed by atoms with Gasteiger partial charge in [-0.15, -0.1) is 0 Å². The number of hydrogen-bond acceptors (Lipinski definition) is 4. The van der Waals surface area contributed by atoms with Gasteiger partial charge in [-0.05, 0) is 30.6 Å². The predicted octanol–water partition coefficient (Wildman–Crippen LogP) is 1.52. The van der Waals surface area contributed by atoms with Crippen LogP contribution in [0, 0.1) is 35.5 Å². The van der Waals surface area contributed by atoms with E-state index in [0.29, 0.717) is 12.8 Å². The molecule has 3 rings (SSSR count). The summed E-state index contributed by atoms with van der Waals surface area (Å²) in [6, 6.07) is 0. The van der Waals surface area contributed by atoms with E-state index in [0.717, 1.165) is 19.3 Å². The highest BCUT2D eigenvalue weighted by Crippen LogP contribution is 2.49. The predicted molar refractivity (Wildman–Crippen MR) is 85.7 cm³/mol. The summed E-state index contributed by atoms with van der Waals surface area (Å²) in [5, 5.41) is 19.7. The molecule has 1 heterocycles. The van der Waals surface area contributed by atoms with Crippen LogP contribution in [0.2, 0.25) is 0 Å². The maximum atomic E-state index is 12.9. The van der Waals surface area contributed by atoms with E-state index >= 15 is 0 Å². The van der Waals surface area contributed by atoms with E-state index in [1.54, 1.807) is 0 Å². The first kappa shape index (κ1) is 17.4. The number of aliphatic carboxylic acids is 1. The number of carbonyl (C=O) groups excluding carboxylic acids is 2. The molecule has 2 saturated carbocycles. The van der Waals surface area contributed by atoms with Crippen molar-refractivity contribution in [2.45, 2.75) is 52.1 Å². The Labute approximate surface area is 142 Å². The fourth-order valence-electron chi connectivity index (χ4n) is 5.25. The first-order chi connectivity index (χ1) is 11.4. The molecular weight excluding hydrogens is 310 g/mol. The van der Waals surface area contributed by atoms with E-state index in [9.17, 15) is 24.6 Å². The summed E-state index contributed by atoms with van der Waals surface area (Å²) >= 11 is 0. The van der Waals surface area contributed by atoms with Gasteiger partial charge in [0.05, 0.1) is 23.9 Å². The Bertz CT molecular complexity index is 548. The molecule has 2 amide bonds. The largest absolute Gasteiger partial charge is 0.481 e. The van der Waals surface area contributed by atoms with Gasteiger partial charge >= 0.3 is 5.97 Å². The number of imide groups is 1. The standard InChI is InChI=1S/C18H27NO5/c1-3-11-14-13(9(2)15(11)20)16(21)19(17(14)22)8-10-6-4-5-7-12(10)18(23)24/h9-15,20H,3-8H2,1-2H3,(H,23,24). The van der Waals surface area contributed by atoms with E-state index in [4.69, 9.17) is 0 Å². The number of aliphatic hydroxyl groups excluding tert-OH is 1. The molecule has 2 N–H and O–H groups in total. The van der Waals surface area contributed by atoms with Gasteiger partial charge in [0.1, 0.15) is 0 Å². The van der Waals surface area contributed by atoms with Crippen molar-refractivity contribution in [1.82, 2.24) is 4.90 Å². The maximum Gasteiger partial charge on any atom is 0.306 e. The van der Waals surface area contributed by atoms with Crippen molar-refractivity contribution < 1.29 is 24.6 Å². The highest BCUT2D eigenvalue weighted by molar-refractivity contribution is 6.06. The van der Waals surface area contributed by atoms with E-state index in [1.807, 2.05) is 13.8 Å². The molecule has 2 aliphatic carbocycles. The van der Waals surface area contributed by atoms with Gasteiger partial charge in [0.15, 0.2) is 0 Å². The number of likely N-dealkylation sites (tertiary alicyclic amines) is 1. The molecule has 0 aromatic rings. The quantitative estimate of drug-likeness (QED) is 0.758. The second-order valence-corrected chi connectivity index (χ2v) is 7.75. The molecule has 0 bridgehead atoms. The highest BCUT2D eigenvalue weighted by atomic mass is 16.4. The van der Waals surface area contributed by atoms with Gasteiger partial charge in [-0.3, -0.25) is 19.3 Å². The third-order valence-corrected chi connectivity index (χ3v) is 6.61. The van der Waals surface area contributed by atoms with Crippen LogP contribution in [0.4, 0.5) is 0 Å². The second kappa shape index (κ2) is 6.47. The topological polar surface area (TPSA) is 94.9 Å². The molecule has 0 aromatic heterocycles. The molecule has 0 radical (unpaired) electrons. The zero-order chi connectivity index (χ0) is 17.6. The number of rotatable bonds is 4. The summed E-state index contributed by atoms with van der Waals surface area (Å²) in [4.78, 5) is 38.4. The Hall–Kier alpha value is -1.43. The minimum absolute atomic E-state index is 0.150. The van der Waals surface area contributed by atoms with Crippen LogP contribution in [0.15, 0.2) is 0 Å². The molecule has 1 saturated heterocycles. The van der Waals surface area contributed by atoms with Crippen molar-refractivity contribution in [3.05, 3.63) is 0 Å². The van der Waals surface area contributed by atoms with Crippen molar-refractivity contribution in [2.24, 2.45) is 35.5 Å². The van der Waals surface area contributed by atoms with Crippen LogP contribution < -0.4 is 0 Å². The lowest BCUT2D eigenvalue weighted by molar-refractivity contribution is -0.149. The SMILES string of the molecule is CCC1C(O)C(C)C2C(=O)N(CC3CCCCC3C(=O)O)C(=O)C12. The summed E-state index contributed by atoms with van der Waals surface area (Å²) in [5.41, 5.74) is 0. The number of carboxylic acids is 1. The van der Waals surface area contributed by atoms with Crippen molar-refractivity contribution >= 4 is 17.8 Å². The minimum atomic E-state index is -0.825.